The van der Waals surface area contributed by atoms with E-state index in [0.717, 1.165) is 25.7 Å². The summed E-state index contributed by atoms with van der Waals surface area (Å²) in [6, 6.07) is 9.73. The van der Waals surface area contributed by atoms with E-state index in [4.69, 9.17) is 4.74 Å². The van der Waals surface area contributed by atoms with E-state index >= 15 is 0 Å². The highest BCUT2D eigenvalue weighted by Crippen LogP contribution is 2.30. The van der Waals surface area contributed by atoms with Crippen LogP contribution in [0.15, 0.2) is 24.3 Å². The highest BCUT2D eigenvalue weighted by Gasteiger charge is 2.24. The Bertz CT molecular complexity index is 379. The van der Waals surface area contributed by atoms with Gasteiger partial charge in [-0.25, -0.2) is 0 Å². The summed E-state index contributed by atoms with van der Waals surface area (Å²) in [5.74, 6) is 1.43. The molecule has 2 heteroatoms. The third kappa shape index (κ3) is 4.32. The molecular formula is C18H29NO. The average molecular weight is 275 g/mol. The van der Waals surface area contributed by atoms with Crippen molar-refractivity contribution in [2.45, 2.75) is 46.1 Å². The van der Waals surface area contributed by atoms with Gasteiger partial charge in [-0.3, -0.25) is 0 Å². The predicted octanol–water partition coefficient (Wildman–Crippen LogP) is 3.96. The molecule has 1 atom stereocenters. The van der Waals surface area contributed by atoms with E-state index in [1.54, 1.807) is 0 Å². The summed E-state index contributed by atoms with van der Waals surface area (Å²) in [4.78, 5) is 0. The molecule has 1 unspecified atom stereocenters. The van der Waals surface area contributed by atoms with E-state index in [1.165, 1.54) is 30.4 Å². The number of benzene rings is 1. The first-order valence-corrected chi connectivity index (χ1v) is 8.10. The van der Waals surface area contributed by atoms with Crippen LogP contribution in [-0.2, 0) is 11.2 Å². The maximum absolute atomic E-state index is 5.50. The zero-order valence-corrected chi connectivity index (χ0v) is 13.2. The highest BCUT2D eigenvalue weighted by molar-refractivity contribution is 5.26. The second-order valence-electron chi connectivity index (χ2n) is 6.32. The Morgan fingerprint density at radius 1 is 1.15 bits per heavy atom. The molecule has 20 heavy (non-hydrogen) atoms. The zero-order chi connectivity index (χ0) is 14.4. The van der Waals surface area contributed by atoms with Gasteiger partial charge in [0.25, 0.3) is 0 Å². The van der Waals surface area contributed by atoms with Gasteiger partial charge in [0.15, 0.2) is 0 Å². The zero-order valence-electron chi connectivity index (χ0n) is 13.2. The second-order valence-corrected chi connectivity index (χ2v) is 6.32. The topological polar surface area (TPSA) is 21.3 Å². The fraction of sp³-hybridized carbons (Fsp3) is 0.667. The Balaban J connectivity index is 2.07. The molecule has 1 aliphatic rings. The first-order valence-electron chi connectivity index (χ1n) is 8.10. The number of hydrogen-bond acceptors (Lipinski definition) is 2. The Labute approximate surface area is 123 Å². The molecule has 1 N–H and O–H groups in total. The van der Waals surface area contributed by atoms with Crippen molar-refractivity contribution in [1.82, 2.24) is 5.32 Å². The number of nitrogens with one attached hydrogen (secondary N) is 1. The summed E-state index contributed by atoms with van der Waals surface area (Å²) in [5, 5.41) is 3.67. The second kappa shape index (κ2) is 7.80. The quantitative estimate of drug-likeness (QED) is 0.848. The molecule has 0 radical (unpaired) electrons. The average Bonchev–Trinajstić information content (AvgIpc) is 2.46. The molecule has 1 aliphatic heterocycles. The summed E-state index contributed by atoms with van der Waals surface area (Å²) in [7, 11) is 0. The van der Waals surface area contributed by atoms with Gasteiger partial charge in [0.05, 0.1) is 0 Å². The van der Waals surface area contributed by atoms with Crippen LogP contribution in [0.4, 0.5) is 0 Å². The van der Waals surface area contributed by atoms with Crippen molar-refractivity contribution in [3.8, 4) is 0 Å². The number of rotatable bonds is 6. The molecule has 0 saturated carbocycles. The normalized spacial score (nSPS) is 18.4. The van der Waals surface area contributed by atoms with Crippen LogP contribution in [0.1, 0.15) is 50.8 Å². The number of ether oxygens (including phenoxy) is 1. The summed E-state index contributed by atoms with van der Waals surface area (Å²) in [6.45, 7) is 9.60. The molecule has 0 amide bonds. The molecule has 1 fully saturated rings. The molecule has 1 aromatic carbocycles. The predicted molar refractivity (Wildman–Crippen MR) is 84.9 cm³/mol. The van der Waals surface area contributed by atoms with E-state index < -0.39 is 0 Å². The van der Waals surface area contributed by atoms with Crippen LogP contribution < -0.4 is 5.32 Å². The van der Waals surface area contributed by atoms with Gasteiger partial charge < -0.3 is 10.1 Å². The summed E-state index contributed by atoms with van der Waals surface area (Å²) >= 11 is 0. The first kappa shape index (κ1) is 15.5. The molecule has 1 aromatic rings. The summed E-state index contributed by atoms with van der Waals surface area (Å²) in [6.07, 6.45) is 3.51. The summed E-state index contributed by atoms with van der Waals surface area (Å²) in [5.41, 5.74) is 2.89. The van der Waals surface area contributed by atoms with Crippen LogP contribution in [0.3, 0.4) is 0 Å². The maximum atomic E-state index is 5.50. The van der Waals surface area contributed by atoms with Gasteiger partial charge in [0.1, 0.15) is 0 Å². The van der Waals surface area contributed by atoms with Gasteiger partial charge in [0, 0.05) is 19.3 Å². The first-order chi connectivity index (χ1) is 9.70. The third-order valence-electron chi connectivity index (χ3n) is 4.14. The highest BCUT2D eigenvalue weighted by atomic mass is 16.5. The van der Waals surface area contributed by atoms with Crippen molar-refractivity contribution in [1.29, 1.82) is 0 Å². The van der Waals surface area contributed by atoms with Gasteiger partial charge in [-0.15, -0.1) is 0 Å². The van der Waals surface area contributed by atoms with Crippen LogP contribution in [0.5, 0.6) is 0 Å². The van der Waals surface area contributed by atoms with Crippen LogP contribution in [0.25, 0.3) is 0 Å². The van der Waals surface area contributed by atoms with Crippen molar-refractivity contribution in [2.24, 2.45) is 11.8 Å². The molecule has 0 aliphatic carbocycles. The lowest BCUT2D eigenvalue weighted by atomic mass is 9.86. The minimum absolute atomic E-state index is 0.483. The van der Waals surface area contributed by atoms with Crippen LogP contribution in [-0.4, -0.2) is 19.8 Å². The minimum Gasteiger partial charge on any atom is -0.381 e. The van der Waals surface area contributed by atoms with Gasteiger partial charge in [0.2, 0.25) is 0 Å². The van der Waals surface area contributed by atoms with E-state index in [9.17, 15) is 0 Å². The molecular weight excluding hydrogens is 246 g/mol. The Morgan fingerprint density at radius 2 is 1.80 bits per heavy atom. The van der Waals surface area contributed by atoms with E-state index in [-0.39, 0.29) is 0 Å². The summed E-state index contributed by atoms with van der Waals surface area (Å²) < 4.78 is 5.50. The Morgan fingerprint density at radius 3 is 2.35 bits per heavy atom. The standard InChI is InChI=1S/C18H29NO/c1-4-19-18(17-9-11-20-12-10-17)16-7-5-15(6-8-16)13-14(2)3/h5-8,14,17-19H,4,9-13H2,1-3H3. The molecule has 0 bridgehead atoms. The Kier molecular flexibility index (Phi) is 6.06. The van der Waals surface area contributed by atoms with Crippen molar-refractivity contribution in [3.05, 3.63) is 35.4 Å². The van der Waals surface area contributed by atoms with Crippen LogP contribution >= 0.6 is 0 Å². The molecule has 1 saturated heterocycles. The monoisotopic (exact) mass is 275 g/mol. The van der Waals surface area contributed by atoms with Gasteiger partial charge in [-0.05, 0) is 48.8 Å². The smallest absolute Gasteiger partial charge is 0.0469 e. The fourth-order valence-corrected chi connectivity index (χ4v) is 3.16. The van der Waals surface area contributed by atoms with Gasteiger partial charge >= 0.3 is 0 Å². The maximum Gasteiger partial charge on any atom is 0.0469 e. The van der Waals surface area contributed by atoms with E-state index in [2.05, 4.69) is 50.4 Å². The van der Waals surface area contributed by atoms with Crippen LogP contribution in [0, 0.1) is 11.8 Å². The van der Waals surface area contributed by atoms with Gasteiger partial charge in [-0.2, -0.15) is 0 Å². The van der Waals surface area contributed by atoms with Crippen molar-refractivity contribution < 1.29 is 4.74 Å². The minimum atomic E-state index is 0.483. The molecule has 2 nitrogen and oxygen atoms in total. The van der Waals surface area contributed by atoms with Crippen molar-refractivity contribution in [3.63, 3.8) is 0 Å². The van der Waals surface area contributed by atoms with Crippen molar-refractivity contribution >= 4 is 0 Å². The lowest BCUT2D eigenvalue weighted by Gasteiger charge is -2.31. The lowest BCUT2D eigenvalue weighted by Crippen LogP contribution is -2.32. The van der Waals surface area contributed by atoms with E-state index in [0.29, 0.717) is 12.0 Å². The lowest BCUT2D eigenvalue weighted by molar-refractivity contribution is 0.0538. The molecule has 1 heterocycles. The molecule has 112 valence electrons. The number of hydrogen-bond donors (Lipinski definition) is 1. The third-order valence-corrected chi connectivity index (χ3v) is 4.14. The fourth-order valence-electron chi connectivity index (χ4n) is 3.16. The van der Waals surface area contributed by atoms with Crippen LogP contribution in [0.2, 0.25) is 0 Å². The molecule has 0 aromatic heterocycles. The molecule has 2 rings (SSSR count). The van der Waals surface area contributed by atoms with E-state index in [1.807, 2.05) is 0 Å². The van der Waals surface area contributed by atoms with Crippen molar-refractivity contribution in [2.75, 3.05) is 19.8 Å². The van der Waals surface area contributed by atoms with Gasteiger partial charge in [-0.1, -0.05) is 45.0 Å². The Hall–Kier alpha value is -0.860. The SMILES string of the molecule is CCNC(c1ccc(CC(C)C)cc1)C1CCOCC1. The largest absolute Gasteiger partial charge is 0.381 e. The molecule has 0 spiro atoms.